The number of benzene rings is 1. The number of likely N-dealkylation sites (tertiary alicyclic amines) is 1. The van der Waals surface area contributed by atoms with Crippen molar-refractivity contribution in [3.63, 3.8) is 0 Å². The van der Waals surface area contributed by atoms with E-state index in [1.54, 1.807) is 9.80 Å². The molecule has 2 aliphatic heterocycles. The fraction of sp³-hybridized carbons (Fsp3) is 0.421. The van der Waals surface area contributed by atoms with Gasteiger partial charge in [-0.3, -0.25) is 14.4 Å². The van der Waals surface area contributed by atoms with Crippen LogP contribution in [-0.2, 0) is 20.8 Å². The Morgan fingerprint density at radius 1 is 1.00 bits per heavy atom. The summed E-state index contributed by atoms with van der Waals surface area (Å²) in [5.74, 6) is -0.824. The molecule has 0 radical (unpaired) electrons. The predicted molar refractivity (Wildman–Crippen MR) is 94.8 cm³/mol. The molecule has 2 heterocycles. The predicted octanol–water partition coefficient (Wildman–Crippen LogP) is 1.25. The lowest BCUT2D eigenvalue weighted by molar-refractivity contribution is -0.130. The normalized spacial score (nSPS) is 18.2. The van der Waals surface area contributed by atoms with Gasteiger partial charge >= 0.3 is 0 Å². The van der Waals surface area contributed by atoms with Crippen molar-refractivity contribution in [2.24, 2.45) is 11.7 Å². The molecule has 0 saturated carbocycles. The van der Waals surface area contributed by atoms with E-state index in [0.29, 0.717) is 32.5 Å². The second-order valence-electron chi connectivity index (χ2n) is 6.56. The molecule has 1 fully saturated rings. The average molecular weight is 341 g/mol. The molecule has 0 aromatic heterocycles. The van der Waals surface area contributed by atoms with Crippen LogP contribution in [0.2, 0.25) is 0 Å². The summed E-state index contributed by atoms with van der Waals surface area (Å²) in [6.45, 7) is 1.66. The summed E-state index contributed by atoms with van der Waals surface area (Å²) in [6.07, 6.45) is 5.75. The summed E-state index contributed by atoms with van der Waals surface area (Å²) in [5, 5.41) is 0. The second kappa shape index (κ2) is 7.51. The van der Waals surface area contributed by atoms with Crippen LogP contribution in [0.3, 0.4) is 0 Å². The quantitative estimate of drug-likeness (QED) is 0.840. The van der Waals surface area contributed by atoms with Crippen LogP contribution >= 0.6 is 0 Å². The molecule has 2 N–H and O–H groups in total. The van der Waals surface area contributed by atoms with E-state index < -0.39 is 0 Å². The molecule has 132 valence electrons. The lowest BCUT2D eigenvalue weighted by Crippen LogP contribution is -2.41. The van der Waals surface area contributed by atoms with Gasteiger partial charge in [0.25, 0.3) is 5.91 Å². The molecule has 0 spiro atoms. The van der Waals surface area contributed by atoms with Gasteiger partial charge in [0.05, 0.1) is 0 Å². The Labute approximate surface area is 147 Å². The van der Waals surface area contributed by atoms with E-state index in [4.69, 9.17) is 5.73 Å². The summed E-state index contributed by atoms with van der Waals surface area (Å²) in [5.41, 5.74) is 7.39. The maximum absolute atomic E-state index is 12.5. The fourth-order valence-corrected chi connectivity index (χ4v) is 3.48. The van der Waals surface area contributed by atoms with Crippen molar-refractivity contribution in [1.82, 2.24) is 4.90 Å². The number of carbonyl (C=O) groups excluding carboxylic acids is 3. The van der Waals surface area contributed by atoms with E-state index in [-0.39, 0.29) is 23.6 Å². The van der Waals surface area contributed by atoms with Crippen LogP contribution in [0.4, 0.5) is 5.69 Å². The number of hydrogen-bond acceptors (Lipinski definition) is 3. The number of anilines is 1. The zero-order valence-electron chi connectivity index (χ0n) is 14.2. The fourth-order valence-electron chi connectivity index (χ4n) is 3.48. The van der Waals surface area contributed by atoms with E-state index in [2.05, 4.69) is 0 Å². The number of fused-ring (bicyclic) bond motifs is 1. The Kier molecular flexibility index (Phi) is 5.16. The van der Waals surface area contributed by atoms with Gasteiger partial charge < -0.3 is 15.5 Å². The number of nitrogens with zero attached hydrogens (tertiary/aromatic N) is 2. The number of primary amides is 1. The van der Waals surface area contributed by atoms with E-state index >= 15 is 0 Å². The van der Waals surface area contributed by atoms with E-state index in [1.807, 2.05) is 24.3 Å². The van der Waals surface area contributed by atoms with Gasteiger partial charge in [-0.05, 0) is 37.3 Å². The molecule has 2 aliphatic rings. The number of aryl methyl sites for hydroxylation is 1. The van der Waals surface area contributed by atoms with Gasteiger partial charge in [0.1, 0.15) is 0 Å². The van der Waals surface area contributed by atoms with E-state index in [0.717, 1.165) is 24.1 Å². The summed E-state index contributed by atoms with van der Waals surface area (Å²) in [4.78, 5) is 39.3. The van der Waals surface area contributed by atoms with Crippen LogP contribution in [0.1, 0.15) is 24.8 Å². The zero-order valence-corrected chi connectivity index (χ0v) is 14.2. The van der Waals surface area contributed by atoms with Crippen LogP contribution in [0.15, 0.2) is 36.4 Å². The first kappa shape index (κ1) is 17.2. The topological polar surface area (TPSA) is 83.7 Å². The van der Waals surface area contributed by atoms with Crippen molar-refractivity contribution in [2.75, 3.05) is 24.5 Å². The minimum atomic E-state index is -0.304. The molecule has 6 heteroatoms. The maximum atomic E-state index is 12.5. The second-order valence-corrected chi connectivity index (χ2v) is 6.56. The minimum Gasteiger partial charge on any atom is -0.369 e. The minimum absolute atomic E-state index is 0.153. The van der Waals surface area contributed by atoms with Gasteiger partial charge in [-0.25, -0.2) is 0 Å². The summed E-state index contributed by atoms with van der Waals surface area (Å²) < 4.78 is 0. The molecule has 0 unspecified atom stereocenters. The maximum Gasteiger partial charge on any atom is 0.251 e. The van der Waals surface area contributed by atoms with Crippen LogP contribution in [0.25, 0.3) is 0 Å². The van der Waals surface area contributed by atoms with Crippen molar-refractivity contribution < 1.29 is 14.4 Å². The Bertz CT molecular complexity index is 706. The van der Waals surface area contributed by atoms with Crippen molar-refractivity contribution in [3.05, 3.63) is 42.0 Å². The van der Waals surface area contributed by atoms with Crippen molar-refractivity contribution in [2.45, 2.75) is 25.7 Å². The Hall–Kier alpha value is -2.63. The van der Waals surface area contributed by atoms with Gasteiger partial charge in [-0.15, -0.1) is 0 Å². The lowest BCUT2D eigenvalue weighted by Gasteiger charge is -2.30. The van der Waals surface area contributed by atoms with Crippen LogP contribution in [0.5, 0.6) is 0 Å². The van der Waals surface area contributed by atoms with Gasteiger partial charge in [-0.1, -0.05) is 18.2 Å². The van der Waals surface area contributed by atoms with Gasteiger partial charge in [0.2, 0.25) is 11.8 Å². The van der Waals surface area contributed by atoms with Crippen molar-refractivity contribution in [3.8, 4) is 0 Å². The molecule has 3 rings (SSSR count). The zero-order chi connectivity index (χ0) is 17.8. The highest BCUT2D eigenvalue weighted by Crippen LogP contribution is 2.26. The SMILES string of the molecule is NC(=O)C1CCN(C(=O)/C=C/C(=O)N2CCCc3ccccc32)CC1. The highest BCUT2D eigenvalue weighted by Gasteiger charge is 2.25. The first-order valence-electron chi connectivity index (χ1n) is 8.72. The van der Waals surface area contributed by atoms with E-state index in [1.165, 1.54) is 12.2 Å². The number of nitrogens with two attached hydrogens (primary N) is 1. The number of para-hydroxylation sites is 1. The molecule has 0 atom stereocenters. The third kappa shape index (κ3) is 3.90. The summed E-state index contributed by atoms with van der Waals surface area (Å²) in [6, 6.07) is 7.87. The van der Waals surface area contributed by atoms with Crippen molar-refractivity contribution >= 4 is 23.4 Å². The summed E-state index contributed by atoms with van der Waals surface area (Å²) >= 11 is 0. The van der Waals surface area contributed by atoms with Crippen molar-refractivity contribution in [1.29, 1.82) is 0 Å². The molecular formula is C19H23N3O3. The Morgan fingerprint density at radius 3 is 2.40 bits per heavy atom. The van der Waals surface area contributed by atoms with Crippen LogP contribution in [-0.4, -0.2) is 42.3 Å². The largest absolute Gasteiger partial charge is 0.369 e. The third-order valence-electron chi connectivity index (χ3n) is 4.95. The molecule has 25 heavy (non-hydrogen) atoms. The summed E-state index contributed by atoms with van der Waals surface area (Å²) in [7, 11) is 0. The molecule has 3 amide bonds. The average Bonchev–Trinajstić information content (AvgIpc) is 2.65. The van der Waals surface area contributed by atoms with Gasteiger partial charge in [0, 0.05) is 43.4 Å². The number of hydrogen-bond donors (Lipinski definition) is 1. The number of carbonyl (C=O) groups is 3. The Balaban J connectivity index is 1.60. The molecule has 0 aliphatic carbocycles. The standard InChI is InChI=1S/C19H23N3O3/c20-19(25)15-9-12-21(13-10-15)17(23)7-8-18(24)22-11-3-5-14-4-1-2-6-16(14)22/h1-2,4,6-8,15H,3,5,9-13H2,(H2,20,25)/b8-7+. The van der Waals surface area contributed by atoms with Gasteiger partial charge in [-0.2, -0.15) is 0 Å². The van der Waals surface area contributed by atoms with Crippen LogP contribution in [0, 0.1) is 5.92 Å². The monoisotopic (exact) mass is 341 g/mol. The molecule has 0 bridgehead atoms. The van der Waals surface area contributed by atoms with Crippen LogP contribution < -0.4 is 10.6 Å². The third-order valence-corrected chi connectivity index (χ3v) is 4.95. The highest BCUT2D eigenvalue weighted by atomic mass is 16.2. The first-order valence-corrected chi connectivity index (χ1v) is 8.72. The molecular weight excluding hydrogens is 318 g/mol. The number of rotatable bonds is 3. The molecule has 6 nitrogen and oxygen atoms in total. The highest BCUT2D eigenvalue weighted by molar-refractivity contribution is 6.05. The first-order chi connectivity index (χ1) is 12.1. The molecule has 1 saturated heterocycles. The number of amides is 3. The lowest BCUT2D eigenvalue weighted by atomic mass is 9.96. The van der Waals surface area contributed by atoms with Gasteiger partial charge in [0.15, 0.2) is 0 Å². The smallest absolute Gasteiger partial charge is 0.251 e. The Morgan fingerprint density at radius 2 is 1.68 bits per heavy atom. The number of piperidine rings is 1. The molecule has 1 aromatic rings. The molecule has 1 aromatic carbocycles. The van der Waals surface area contributed by atoms with E-state index in [9.17, 15) is 14.4 Å².